The maximum Gasteiger partial charge on any atom is 0.410 e. The highest BCUT2D eigenvalue weighted by Crippen LogP contribution is 2.42. The van der Waals surface area contributed by atoms with Crippen LogP contribution in [0.1, 0.15) is 34.1 Å². The summed E-state index contributed by atoms with van der Waals surface area (Å²) in [5.41, 5.74) is -0.565. The van der Waals surface area contributed by atoms with Crippen LogP contribution in [-0.4, -0.2) is 83.3 Å². The highest BCUT2D eigenvalue weighted by Gasteiger charge is 2.54. The lowest BCUT2D eigenvalue weighted by atomic mass is 9.79. The summed E-state index contributed by atoms with van der Waals surface area (Å²) in [4.78, 5) is 42.7. The topological polar surface area (TPSA) is 118 Å². The summed E-state index contributed by atoms with van der Waals surface area (Å²) in [5, 5.41) is 13.5. The number of nitrogens with one attached hydrogen (secondary N) is 3. The first kappa shape index (κ1) is 27.3. The first-order valence-electron chi connectivity index (χ1n) is 12.2. The minimum Gasteiger partial charge on any atom is -0.444 e. The summed E-state index contributed by atoms with van der Waals surface area (Å²) in [6, 6.07) is 0.354. The van der Waals surface area contributed by atoms with Crippen LogP contribution in [0.25, 0.3) is 0 Å². The molecule has 38 heavy (non-hydrogen) atoms. The Bertz CT molecular complexity index is 1180. The van der Waals surface area contributed by atoms with E-state index in [4.69, 9.17) is 10.1 Å². The SMILES string of the molecule is C[C@H]1CN/C(=C(\C=N)N2CC3(CC2=O)CN(C(=O)OC(C)(C)C)C3)CN1C(=O)Nc1cc(F)c(F)c(F)c1. The number of likely N-dealkylation sites (tertiary alicyclic amines) is 2. The Kier molecular flexibility index (Phi) is 7.06. The fraction of sp³-hybridized carbons (Fsp3) is 0.520. The van der Waals surface area contributed by atoms with E-state index < -0.39 is 40.6 Å². The van der Waals surface area contributed by atoms with Gasteiger partial charge in [-0.1, -0.05) is 0 Å². The smallest absolute Gasteiger partial charge is 0.410 e. The molecule has 0 aromatic heterocycles. The molecule has 3 aliphatic rings. The van der Waals surface area contributed by atoms with Crippen LogP contribution in [0.3, 0.4) is 0 Å². The van der Waals surface area contributed by atoms with E-state index in [1.54, 1.807) is 32.6 Å². The number of benzene rings is 1. The molecule has 0 unspecified atom stereocenters. The lowest BCUT2D eigenvalue weighted by molar-refractivity contribution is -0.126. The number of ether oxygens (including phenoxy) is 1. The molecule has 0 aliphatic carbocycles. The molecular formula is C25H31F3N6O4. The van der Waals surface area contributed by atoms with Crippen LogP contribution in [0.5, 0.6) is 0 Å². The predicted molar refractivity (Wildman–Crippen MR) is 132 cm³/mol. The van der Waals surface area contributed by atoms with Gasteiger partial charge in [-0.25, -0.2) is 22.8 Å². The molecule has 10 nitrogen and oxygen atoms in total. The van der Waals surface area contributed by atoms with E-state index in [2.05, 4.69) is 10.6 Å². The lowest BCUT2D eigenvalue weighted by Crippen LogP contribution is -2.60. The van der Waals surface area contributed by atoms with Gasteiger partial charge in [-0.2, -0.15) is 0 Å². The van der Waals surface area contributed by atoms with Crippen LogP contribution < -0.4 is 10.6 Å². The van der Waals surface area contributed by atoms with Crippen molar-refractivity contribution < 1.29 is 32.3 Å². The van der Waals surface area contributed by atoms with E-state index in [0.29, 0.717) is 49.7 Å². The Morgan fingerprint density at radius 2 is 1.82 bits per heavy atom. The van der Waals surface area contributed by atoms with Gasteiger partial charge in [0.25, 0.3) is 0 Å². The van der Waals surface area contributed by atoms with Crippen molar-refractivity contribution >= 4 is 29.9 Å². The molecule has 13 heteroatoms. The average molecular weight is 537 g/mol. The van der Waals surface area contributed by atoms with E-state index in [1.165, 1.54) is 9.80 Å². The van der Waals surface area contributed by atoms with Crippen molar-refractivity contribution in [1.82, 2.24) is 20.0 Å². The van der Waals surface area contributed by atoms with Gasteiger partial charge in [0.2, 0.25) is 5.91 Å². The van der Waals surface area contributed by atoms with Crippen LogP contribution in [0.2, 0.25) is 0 Å². The molecule has 1 aromatic rings. The molecule has 0 radical (unpaired) electrons. The predicted octanol–water partition coefficient (Wildman–Crippen LogP) is 3.26. The van der Waals surface area contributed by atoms with Crippen molar-refractivity contribution in [1.29, 1.82) is 5.41 Å². The van der Waals surface area contributed by atoms with E-state index in [9.17, 15) is 27.6 Å². The molecule has 4 rings (SSSR count). The quantitative estimate of drug-likeness (QED) is 0.405. The number of carbonyl (C=O) groups excluding carboxylic acids is 3. The van der Waals surface area contributed by atoms with Gasteiger partial charge in [0, 0.05) is 68.1 Å². The fourth-order valence-corrected chi connectivity index (χ4v) is 4.90. The van der Waals surface area contributed by atoms with E-state index in [1.807, 2.05) is 0 Å². The van der Waals surface area contributed by atoms with Gasteiger partial charge in [-0.15, -0.1) is 0 Å². The van der Waals surface area contributed by atoms with Crippen molar-refractivity contribution in [2.75, 3.05) is 38.0 Å². The summed E-state index contributed by atoms with van der Waals surface area (Å²) in [6.07, 6.45) is 0.810. The number of nitrogens with zero attached hydrogens (tertiary/aromatic N) is 3. The van der Waals surface area contributed by atoms with E-state index >= 15 is 0 Å². The molecule has 3 N–H and O–H groups in total. The van der Waals surface area contributed by atoms with Crippen LogP contribution in [0.15, 0.2) is 23.5 Å². The third kappa shape index (κ3) is 5.41. The lowest BCUT2D eigenvalue weighted by Gasteiger charge is -2.47. The summed E-state index contributed by atoms with van der Waals surface area (Å²) < 4.78 is 45.8. The van der Waals surface area contributed by atoms with Gasteiger partial charge in [0.05, 0.1) is 17.9 Å². The van der Waals surface area contributed by atoms with Crippen molar-refractivity contribution in [3.05, 3.63) is 41.0 Å². The highest BCUT2D eigenvalue weighted by molar-refractivity contribution is 5.92. The molecule has 1 aromatic carbocycles. The first-order chi connectivity index (χ1) is 17.7. The number of urea groups is 1. The molecule has 1 spiro atoms. The molecular weight excluding hydrogens is 505 g/mol. The molecule has 3 aliphatic heterocycles. The van der Waals surface area contributed by atoms with Crippen LogP contribution in [0, 0.1) is 28.3 Å². The van der Waals surface area contributed by atoms with E-state index in [0.717, 1.165) is 6.21 Å². The number of carbonyl (C=O) groups is 3. The summed E-state index contributed by atoms with van der Waals surface area (Å²) in [7, 11) is 0. The maximum atomic E-state index is 13.6. The first-order valence-corrected chi connectivity index (χ1v) is 12.2. The normalized spacial score (nSPS) is 22.1. The molecule has 0 saturated carbocycles. The van der Waals surface area contributed by atoms with Crippen molar-refractivity contribution in [2.24, 2.45) is 5.41 Å². The van der Waals surface area contributed by atoms with Gasteiger partial charge in [0.15, 0.2) is 17.5 Å². The van der Waals surface area contributed by atoms with Gasteiger partial charge >= 0.3 is 12.1 Å². The Morgan fingerprint density at radius 1 is 1.18 bits per heavy atom. The van der Waals surface area contributed by atoms with Crippen LogP contribution in [0.4, 0.5) is 28.4 Å². The Balaban J connectivity index is 1.46. The number of rotatable bonds is 3. The maximum absolute atomic E-state index is 13.6. The Labute approximate surface area is 218 Å². The van der Waals surface area contributed by atoms with Gasteiger partial charge in [-0.05, 0) is 27.7 Å². The van der Waals surface area contributed by atoms with Gasteiger partial charge in [-0.3, -0.25) is 4.79 Å². The average Bonchev–Trinajstić information content (AvgIpc) is 3.14. The number of allylic oxidation sites excluding steroid dienone is 1. The zero-order valence-corrected chi connectivity index (χ0v) is 21.7. The number of hydrogen-bond donors (Lipinski definition) is 3. The molecule has 3 fully saturated rings. The second kappa shape index (κ2) is 9.84. The summed E-state index contributed by atoms with van der Waals surface area (Å²) in [5.74, 6) is -4.69. The molecule has 206 valence electrons. The third-order valence-electron chi connectivity index (χ3n) is 6.73. The number of hydrogen-bond acceptors (Lipinski definition) is 6. The fourth-order valence-electron chi connectivity index (χ4n) is 4.90. The largest absolute Gasteiger partial charge is 0.444 e. The number of halogens is 3. The van der Waals surface area contributed by atoms with E-state index in [-0.39, 0.29) is 30.6 Å². The molecule has 0 bridgehead atoms. The van der Waals surface area contributed by atoms with Crippen molar-refractivity contribution in [3.8, 4) is 0 Å². The standard InChI is InChI=1S/C25H31F3N6O4/c1-14-9-30-18(10-33(14)22(36)31-15-5-16(26)21(28)17(27)6-15)19(8-29)34-13-25(7-20(34)35)11-32(12-25)23(37)38-24(2,3)4/h5-6,8,14,29-30H,7,9-13H2,1-4H3,(H,31,36)/b19-18+,29-8?/t14-/m0/s1. The minimum atomic E-state index is -1.63. The summed E-state index contributed by atoms with van der Waals surface area (Å²) >= 11 is 0. The zero-order valence-electron chi connectivity index (χ0n) is 21.7. The Morgan fingerprint density at radius 3 is 2.39 bits per heavy atom. The molecule has 4 amide bonds. The monoisotopic (exact) mass is 536 g/mol. The second-order valence-corrected chi connectivity index (χ2v) is 11.0. The van der Waals surface area contributed by atoms with Crippen molar-refractivity contribution in [2.45, 2.75) is 45.8 Å². The highest BCUT2D eigenvalue weighted by atomic mass is 19.2. The molecule has 3 saturated heterocycles. The molecule has 3 heterocycles. The number of piperazine rings is 1. The Hall–Kier alpha value is -3.77. The van der Waals surface area contributed by atoms with Gasteiger partial charge in [0.1, 0.15) is 5.60 Å². The van der Waals surface area contributed by atoms with Crippen LogP contribution >= 0.6 is 0 Å². The molecule has 1 atom stereocenters. The zero-order chi connectivity index (χ0) is 28.0. The second-order valence-electron chi connectivity index (χ2n) is 11.0. The number of amides is 4. The van der Waals surface area contributed by atoms with Crippen LogP contribution in [-0.2, 0) is 9.53 Å². The number of anilines is 1. The summed E-state index contributed by atoms with van der Waals surface area (Å²) in [6.45, 7) is 8.40. The minimum absolute atomic E-state index is 0.00924. The van der Waals surface area contributed by atoms with Gasteiger partial charge < -0.3 is 35.5 Å². The third-order valence-corrected chi connectivity index (χ3v) is 6.73. The van der Waals surface area contributed by atoms with Crippen molar-refractivity contribution in [3.63, 3.8) is 0 Å².